The monoisotopic (exact) mass is 210 g/mol. The molecule has 3 heteroatoms. The van der Waals surface area contributed by atoms with Crippen LogP contribution in [0.5, 0.6) is 0 Å². The first-order valence-electron chi connectivity index (χ1n) is 5.56. The molecule has 0 bridgehead atoms. The Hall–Kier alpha value is -1.01. The van der Waals surface area contributed by atoms with Crippen molar-refractivity contribution in [3.63, 3.8) is 0 Å². The van der Waals surface area contributed by atoms with E-state index in [0.717, 1.165) is 19.4 Å². The van der Waals surface area contributed by atoms with Crippen LogP contribution < -0.4 is 10.6 Å². The minimum absolute atomic E-state index is 0.124. The van der Waals surface area contributed by atoms with Gasteiger partial charge in [0, 0.05) is 25.4 Å². The number of carbonyl (C=O) groups excluding carboxylic acids is 1. The molecule has 0 saturated carbocycles. The Morgan fingerprint density at radius 3 is 2.67 bits per heavy atom. The van der Waals surface area contributed by atoms with Gasteiger partial charge in [-0.15, -0.1) is 11.8 Å². The topological polar surface area (TPSA) is 41.1 Å². The van der Waals surface area contributed by atoms with E-state index in [1.54, 1.807) is 6.92 Å². The van der Waals surface area contributed by atoms with Crippen molar-refractivity contribution in [1.82, 2.24) is 10.6 Å². The molecule has 0 aromatic rings. The summed E-state index contributed by atoms with van der Waals surface area (Å²) in [5, 5.41) is 6.11. The van der Waals surface area contributed by atoms with Gasteiger partial charge in [0.15, 0.2) is 0 Å². The maximum atomic E-state index is 11.3. The Labute approximate surface area is 93.0 Å². The highest BCUT2D eigenvalue weighted by Crippen LogP contribution is 1.88. The predicted octanol–water partition coefficient (Wildman–Crippen LogP) is 1.29. The lowest BCUT2D eigenvalue weighted by molar-refractivity contribution is -0.121. The van der Waals surface area contributed by atoms with E-state index in [1.165, 1.54) is 0 Å². The first-order chi connectivity index (χ1) is 7.16. The lowest BCUT2D eigenvalue weighted by atomic mass is 10.2. The number of carbonyl (C=O) groups is 1. The van der Waals surface area contributed by atoms with E-state index < -0.39 is 0 Å². The molecule has 0 aromatic heterocycles. The van der Waals surface area contributed by atoms with Gasteiger partial charge >= 0.3 is 0 Å². The first kappa shape index (κ1) is 14.0. The fourth-order valence-corrected chi connectivity index (χ4v) is 1.12. The van der Waals surface area contributed by atoms with Crippen molar-refractivity contribution in [2.75, 3.05) is 13.1 Å². The van der Waals surface area contributed by atoms with Gasteiger partial charge < -0.3 is 10.6 Å². The van der Waals surface area contributed by atoms with Crippen molar-refractivity contribution in [3.8, 4) is 11.8 Å². The zero-order chi connectivity index (χ0) is 11.5. The molecule has 0 unspecified atom stereocenters. The molecule has 86 valence electrons. The van der Waals surface area contributed by atoms with Crippen molar-refractivity contribution in [2.45, 2.75) is 46.1 Å². The highest BCUT2D eigenvalue weighted by Gasteiger charge is 1.99. The van der Waals surface area contributed by atoms with Gasteiger partial charge in [-0.25, -0.2) is 0 Å². The van der Waals surface area contributed by atoms with Crippen LogP contribution in [0, 0.1) is 11.8 Å². The van der Waals surface area contributed by atoms with Crippen molar-refractivity contribution in [3.05, 3.63) is 0 Å². The van der Waals surface area contributed by atoms with E-state index in [-0.39, 0.29) is 5.91 Å². The van der Waals surface area contributed by atoms with Crippen molar-refractivity contribution in [1.29, 1.82) is 0 Å². The summed E-state index contributed by atoms with van der Waals surface area (Å²) in [6.07, 6.45) is 2.23. The zero-order valence-electron chi connectivity index (χ0n) is 10.0. The number of amides is 1. The van der Waals surface area contributed by atoms with E-state index in [0.29, 0.717) is 19.0 Å². The van der Waals surface area contributed by atoms with Gasteiger partial charge in [0.2, 0.25) is 5.91 Å². The van der Waals surface area contributed by atoms with Crippen LogP contribution in [0.15, 0.2) is 0 Å². The third-order valence-electron chi connectivity index (χ3n) is 1.88. The van der Waals surface area contributed by atoms with Gasteiger partial charge in [0.05, 0.1) is 0 Å². The predicted molar refractivity (Wildman–Crippen MR) is 63.4 cm³/mol. The Morgan fingerprint density at radius 1 is 1.33 bits per heavy atom. The zero-order valence-corrected chi connectivity index (χ0v) is 10.0. The highest BCUT2D eigenvalue weighted by molar-refractivity contribution is 5.75. The van der Waals surface area contributed by atoms with Crippen LogP contribution in [0.1, 0.15) is 40.0 Å². The number of hydrogen-bond donors (Lipinski definition) is 2. The van der Waals surface area contributed by atoms with E-state index in [1.807, 2.05) is 0 Å². The second-order valence-corrected chi connectivity index (χ2v) is 3.74. The SMILES string of the molecule is CC#CCCNC(=O)CCCNC(C)C. The molecule has 0 fully saturated rings. The summed E-state index contributed by atoms with van der Waals surface area (Å²) in [4.78, 5) is 11.3. The van der Waals surface area contributed by atoms with Gasteiger partial charge in [-0.3, -0.25) is 4.79 Å². The van der Waals surface area contributed by atoms with Gasteiger partial charge in [-0.2, -0.15) is 0 Å². The molecule has 0 saturated heterocycles. The molecule has 0 heterocycles. The van der Waals surface area contributed by atoms with Crippen LogP contribution in [0.25, 0.3) is 0 Å². The summed E-state index contributed by atoms with van der Waals surface area (Å²) in [5.41, 5.74) is 0. The maximum absolute atomic E-state index is 11.3. The fourth-order valence-electron chi connectivity index (χ4n) is 1.12. The summed E-state index contributed by atoms with van der Waals surface area (Å²) in [6, 6.07) is 0.493. The molecular weight excluding hydrogens is 188 g/mol. The van der Waals surface area contributed by atoms with Crippen LogP contribution in [0.4, 0.5) is 0 Å². The first-order valence-corrected chi connectivity index (χ1v) is 5.56. The number of nitrogens with one attached hydrogen (secondary N) is 2. The summed E-state index contributed by atoms with van der Waals surface area (Å²) in [6.45, 7) is 7.57. The van der Waals surface area contributed by atoms with Gasteiger partial charge in [0.1, 0.15) is 0 Å². The Balaban J connectivity index is 3.28. The average Bonchev–Trinajstić information content (AvgIpc) is 2.19. The second kappa shape index (κ2) is 9.54. The number of rotatable bonds is 7. The van der Waals surface area contributed by atoms with Crippen LogP contribution in [0.3, 0.4) is 0 Å². The van der Waals surface area contributed by atoms with E-state index >= 15 is 0 Å². The van der Waals surface area contributed by atoms with Crippen molar-refractivity contribution < 1.29 is 4.79 Å². The van der Waals surface area contributed by atoms with E-state index in [9.17, 15) is 4.79 Å². The molecule has 2 N–H and O–H groups in total. The molecule has 0 atom stereocenters. The largest absolute Gasteiger partial charge is 0.355 e. The normalized spacial score (nSPS) is 9.60. The summed E-state index contributed by atoms with van der Waals surface area (Å²) >= 11 is 0. The Bertz CT molecular complexity index is 226. The molecule has 1 amide bonds. The van der Waals surface area contributed by atoms with Crippen LogP contribution >= 0.6 is 0 Å². The quantitative estimate of drug-likeness (QED) is 0.491. The Morgan fingerprint density at radius 2 is 2.07 bits per heavy atom. The third-order valence-corrected chi connectivity index (χ3v) is 1.88. The molecule has 0 radical (unpaired) electrons. The van der Waals surface area contributed by atoms with Gasteiger partial charge in [0.25, 0.3) is 0 Å². The summed E-state index contributed by atoms with van der Waals surface area (Å²) in [7, 11) is 0. The van der Waals surface area contributed by atoms with Gasteiger partial charge in [-0.1, -0.05) is 13.8 Å². The molecular formula is C12H22N2O. The van der Waals surface area contributed by atoms with Crippen LogP contribution in [-0.2, 0) is 4.79 Å². The molecule has 0 aliphatic heterocycles. The molecule has 3 nitrogen and oxygen atoms in total. The number of hydrogen-bond acceptors (Lipinski definition) is 2. The van der Waals surface area contributed by atoms with E-state index in [2.05, 4.69) is 36.3 Å². The van der Waals surface area contributed by atoms with Crippen molar-refractivity contribution >= 4 is 5.91 Å². The minimum atomic E-state index is 0.124. The van der Waals surface area contributed by atoms with Crippen LogP contribution in [0.2, 0.25) is 0 Å². The van der Waals surface area contributed by atoms with E-state index in [4.69, 9.17) is 0 Å². The summed E-state index contributed by atoms with van der Waals surface area (Å²) < 4.78 is 0. The maximum Gasteiger partial charge on any atom is 0.220 e. The lowest BCUT2D eigenvalue weighted by Gasteiger charge is -2.07. The third kappa shape index (κ3) is 10.9. The molecule has 15 heavy (non-hydrogen) atoms. The highest BCUT2D eigenvalue weighted by atomic mass is 16.1. The molecule has 0 aliphatic rings. The van der Waals surface area contributed by atoms with Crippen molar-refractivity contribution in [2.24, 2.45) is 0 Å². The standard InChI is InChI=1S/C12H22N2O/c1-4-5-6-9-14-12(15)8-7-10-13-11(2)3/h11,13H,6-10H2,1-3H3,(H,14,15). The molecule has 0 rings (SSSR count). The molecule has 0 spiro atoms. The lowest BCUT2D eigenvalue weighted by Crippen LogP contribution is -2.27. The molecule has 0 aliphatic carbocycles. The Kier molecular flexibility index (Phi) is 8.90. The summed E-state index contributed by atoms with van der Waals surface area (Å²) in [5.74, 6) is 5.83. The van der Waals surface area contributed by atoms with Gasteiger partial charge in [-0.05, 0) is 19.9 Å². The average molecular weight is 210 g/mol. The smallest absolute Gasteiger partial charge is 0.220 e. The fraction of sp³-hybridized carbons (Fsp3) is 0.750. The second-order valence-electron chi connectivity index (χ2n) is 3.74. The molecule has 0 aromatic carbocycles. The van der Waals surface area contributed by atoms with Crippen LogP contribution in [-0.4, -0.2) is 25.0 Å². The minimum Gasteiger partial charge on any atom is -0.355 e.